The Balaban J connectivity index is 1.80. The van der Waals surface area contributed by atoms with Gasteiger partial charge in [-0.25, -0.2) is 0 Å². The molecule has 0 N–H and O–H groups in total. The Kier molecular flexibility index (Phi) is 6.77. The normalized spacial score (nSPS) is 24.6. The van der Waals surface area contributed by atoms with E-state index in [2.05, 4.69) is 12.1 Å². The lowest BCUT2D eigenvalue weighted by Gasteiger charge is -2.40. The standard InChI is InChI=1S/C16H23ClO4/c1-18-8-7-12-3-5-13(6-4-12)21-15-11-14(17)16(15)20-10-9-19-2/h3-6,14-16H,7-11H2,1-2H3. The Hall–Kier alpha value is -0.810. The molecule has 0 radical (unpaired) electrons. The zero-order valence-corrected chi connectivity index (χ0v) is 13.3. The molecule has 5 heteroatoms. The molecule has 1 aliphatic rings. The molecule has 0 aliphatic heterocycles. The second kappa shape index (κ2) is 8.59. The first-order chi connectivity index (χ1) is 10.2. The van der Waals surface area contributed by atoms with Gasteiger partial charge in [0, 0.05) is 20.6 Å². The molecule has 3 unspecified atom stereocenters. The van der Waals surface area contributed by atoms with Crippen LogP contribution in [-0.4, -0.2) is 51.6 Å². The van der Waals surface area contributed by atoms with Crippen molar-refractivity contribution in [3.05, 3.63) is 29.8 Å². The van der Waals surface area contributed by atoms with E-state index in [1.807, 2.05) is 12.1 Å². The number of ether oxygens (including phenoxy) is 4. The molecule has 3 atom stereocenters. The van der Waals surface area contributed by atoms with Gasteiger partial charge in [-0.2, -0.15) is 0 Å². The van der Waals surface area contributed by atoms with Crippen molar-refractivity contribution in [1.82, 2.24) is 0 Å². The zero-order valence-electron chi connectivity index (χ0n) is 12.6. The van der Waals surface area contributed by atoms with E-state index in [0.29, 0.717) is 13.2 Å². The van der Waals surface area contributed by atoms with Gasteiger partial charge in [0.25, 0.3) is 0 Å². The third-order valence-electron chi connectivity index (χ3n) is 3.58. The fraction of sp³-hybridized carbons (Fsp3) is 0.625. The Bertz CT molecular complexity index is 409. The van der Waals surface area contributed by atoms with Crippen molar-refractivity contribution < 1.29 is 18.9 Å². The summed E-state index contributed by atoms with van der Waals surface area (Å²) in [4.78, 5) is 0. The second-order valence-electron chi connectivity index (χ2n) is 5.12. The van der Waals surface area contributed by atoms with E-state index in [0.717, 1.165) is 25.2 Å². The maximum Gasteiger partial charge on any atom is 0.128 e. The molecule has 1 aromatic rings. The molecule has 1 aliphatic carbocycles. The third-order valence-corrected chi connectivity index (χ3v) is 4.01. The number of halogens is 1. The maximum atomic E-state index is 6.18. The molecule has 4 nitrogen and oxygen atoms in total. The van der Waals surface area contributed by atoms with Crippen LogP contribution in [0.2, 0.25) is 0 Å². The van der Waals surface area contributed by atoms with Crippen molar-refractivity contribution in [3.8, 4) is 5.75 Å². The smallest absolute Gasteiger partial charge is 0.128 e. The quantitative estimate of drug-likeness (QED) is 0.519. The van der Waals surface area contributed by atoms with E-state index in [1.165, 1.54) is 5.56 Å². The van der Waals surface area contributed by atoms with Crippen LogP contribution in [0.1, 0.15) is 12.0 Å². The summed E-state index contributed by atoms with van der Waals surface area (Å²) in [6.07, 6.45) is 1.68. The van der Waals surface area contributed by atoms with Gasteiger partial charge >= 0.3 is 0 Å². The molecule has 1 fully saturated rings. The molecule has 2 rings (SSSR count). The van der Waals surface area contributed by atoms with Gasteiger partial charge in [-0.05, 0) is 24.1 Å². The summed E-state index contributed by atoms with van der Waals surface area (Å²) >= 11 is 6.18. The number of rotatable bonds is 9. The van der Waals surface area contributed by atoms with Crippen LogP contribution in [0.5, 0.6) is 5.75 Å². The minimum absolute atomic E-state index is 0.0211. The monoisotopic (exact) mass is 314 g/mol. The van der Waals surface area contributed by atoms with Gasteiger partial charge < -0.3 is 18.9 Å². The van der Waals surface area contributed by atoms with Gasteiger partial charge in [0.15, 0.2) is 0 Å². The fourth-order valence-electron chi connectivity index (χ4n) is 2.25. The summed E-state index contributed by atoms with van der Waals surface area (Å²) in [5.41, 5.74) is 1.24. The van der Waals surface area contributed by atoms with Crippen LogP contribution in [0.25, 0.3) is 0 Å². The van der Waals surface area contributed by atoms with E-state index in [-0.39, 0.29) is 17.6 Å². The Morgan fingerprint density at radius 2 is 1.76 bits per heavy atom. The summed E-state index contributed by atoms with van der Waals surface area (Å²) in [5.74, 6) is 0.852. The molecule has 0 aromatic heterocycles. The summed E-state index contributed by atoms with van der Waals surface area (Å²) < 4.78 is 21.7. The third kappa shape index (κ3) is 4.85. The van der Waals surface area contributed by atoms with Crippen LogP contribution in [0, 0.1) is 0 Å². The van der Waals surface area contributed by atoms with E-state index in [1.54, 1.807) is 14.2 Å². The first-order valence-corrected chi connectivity index (χ1v) is 7.67. The van der Waals surface area contributed by atoms with Crippen molar-refractivity contribution in [3.63, 3.8) is 0 Å². The minimum atomic E-state index is -0.0602. The van der Waals surface area contributed by atoms with Gasteiger partial charge in [0.05, 0.1) is 25.2 Å². The predicted molar refractivity (Wildman–Crippen MR) is 82.3 cm³/mol. The van der Waals surface area contributed by atoms with E-state index >= 15 is 0 Å². The Morgan fingerprint density at radius 3 is 2.38 bits per heavy atom. The number of benzene rings is 1. The van der Waals surface area contributed by atoms with Crippen molar-refractivity contribution in [2.75, 3.05) is 34.0 Å². The molecule has 118 valence electrons. The summed E-state index contributed by atoms with van der Waals surface area (Å²) in [6.45, 7) is 1.84. The molecular weight excluding hydrogens is 292 g/mol. The van der Waals surface area contributed by atoms with E-state index in [9.17, 15) is 0 Å². The Labute approximate surface area is 131 Å². The highest BCUT2D eigenvalue weighted by Crippen LogP contribution is 2.33. The van der Waals surface area contributed by atoms with Gasteiger partial charge in [-0.3, -0.25) is 0 Å². The highest BCUT2D eigenvalue weighted by atomic mass is 35.5. The zero-order chi connectivity index (χ0) is 15.1. The van der Waals surface area contributed by atoms with Crippen LogP contribution in [0.15, 0.2) is 24.3 Å². The number of alkyl halides is 1. The highest BCUT2D eigenvalue weighted by molar-refractivity contribution is 6.21. The first kappa shape index (κ1) is 16.6. The van der Waals surface area contributed by atoms with E-state index < -0.39 is 0 Å². The first-order valence-electron chi connectivity index (χ1n) is 7.23. The SMILES string of the molecule is COCCOC1C(Cl)CC1Oc1ccc(CCOC)cc1. The maximum absolute atomic E-state index is 6.18. The van der Waals surface area contributed by atoms with Crippen LogP contribution in [0.4, 0.5) is 0 Å². The lowest BCUT2D eigenvalue weighted by atomic mass is 9.91. The summed E-state index contributed by atoms with van der Waals surface area (Å²) in [7, 11) is 3.36. The van der Waals surface area contributed by atoms with Crippen LogP contribution >= 0.6 is 11.6 Å². The second-order valence-corrected chi connectivity index (χ2v) is 5.68. The van der Waals surface area contributed by atoms with Gasteiger partial charge in [0.1, 0.15) is 18.0 Å². The van der Waals surface area contributed by atoms with Gasteiger partial charge in [-0.15, -0.1) is 11.6 Å². The summed E-state index contributed by atoms with van der Waals surface area (Å²) in [5, 5.41) is 0.0211. The average Bonchev–Trinajstić information content (AvgIpc) is 2.50. The predicted octanol–water partition coefficient (Wildman–Crippen LogP) is 2.67. The molecule has 1 aromatic carbocycles. The molecule has 0 bridgehead atoms. The van der Waals surface area contributed by atoms with Gasteiger partial charge in [0.2, 0.25) is 0 Å². The molecule has 21 heavy (non-hydrogen) atoms. The molecule has 0 saturated heterocycles. The number of methoxy groups -OCH3 is 2. The van der Waals surface area contributed by atoms with Crippen molar-refractivity contribution in [1.29, 1.82) is 0 Å². The molecule has 0 heterocycles. The Morgan fingerprint density at radius 1 is 1.05 bits per heavy atom. The van der Waals surface area contributed by atoms with Gasteiger partial charge in [-0.1, -0.05) is 12.1 Å². The molecule has 1 saturated carbocycles. The molecule has 0 amide bonds. The van der Waals surface area contributed by atoms with Crippen molar-refractivity contribution in [2.45, 2.75) is 30.4 Å². The molecule has 0 spiro atoms. The van der Waals surface area contributed by atoms with Crippen LogP contribution in [-0.2, 0) is 20.6 Å². The number of hydrogen-bond donors (Lipinski definition) is 0. The van der Waals surface area contributed by atoms with Crippen LogP contribution < -0.4 is 4.74 Å². The highest BCUT2D eigenvalue weighted by Gasteiger charge is 2.42. The lowest BCUT2D eigenvalue weighted by molar-refractivity contribution is -0.0898. The fourth-order valence-corrected chi connectivity index (χ4v) is 2.66. The van der Waals surface area contributed by atoms with E-state index in [4.69, 9.17) is 30.5 Å². The van der Waals surface area contributed by atoms with Crippen molar-refractivity contribution >= 4 is 11.6 Å². The minimum Gasteiger partial charge on any atom is -0.488 e. The largest absolute Gasteiger partial charge is 0.488 e. The molecular formula is C16H23ClO4. The van der Waals surface area contributed by atoms with Crippen molar-refractivity contribution in [2.24, 2.45) is 0 Å². The summed E-state index contributed by atoms with van der Waals surface area (Å²) in [6, 6.07) is 8.09. The topological polar surface area (TPSA) is 36.9 Å². The lowest BCUT2D eigenvalue weighted by Crippen LogP contribution is -2.53. The van der Waals surface area contributed by atoms with Crippen LogP contribution in [0.3, 0.4) is 0 Å². The number of hydrogen-bond acceptors (Lipinski definition) is 4. The average molecular weight is 315 g/mol.